The Kier molecular flexibility index (Phi) is 15.0. The summed E-state index contributed by atoms with van der Waals surface area (Å²) in [5, 5.41) is 18.0. The number of nitrogens with one attached hydrogen (secondary N) is 3. The smallest absolute Gasteiger partial charge is 0.317 e. The third-order valence-electron chi connectivity index (χ3n) is 9.62. The molecule has 0 aromatic heterocycles. The van der Waals surface area contributed by atoms with Gasteiger partial charge in [0.15, 0.2) is 0 Å². The minimum absolute atomic E-state index is 0.0204. The third-order valence-corrected chi connectivity index (χ3v) is 9.62. The Morgan fingerprint density at radius 3 is 1.84 bits per heavy atom. The van der Waals surface area contributed by atoms with Crippen LogP contribution in [-0.4, -0.2) is 107 Å². The van der Waals surface area contributed by atoms with Gasteiger partial charge in [-0.3, -0.25) is 28.9 Å². The molecule has 4 amide bonds. The number of unbranched alkanes of at least 4 members (excludes halogenated alkanes) is 1. The minimum atomic E-state index is -1.01. The number of likely N-dealkylation sites (tertiary alicyclic amines) is 1. The van der Waals surface area contributed by atoms with E-state index in [0.717, 1.165) is 24.0 Å². The van der Waals surface area contributed by atoms with Crippen LogP contribution in [0.5, 0.6) is 0 Å². The van der Waals surface area contributed by atoms with E-state index in [1.54, 1.807) is 0 Å². The fourth-order valence-corrected chi connectivity index (χ4v) is 7.15. The number of benzene rings is 2. The molecule has 278 valence electrons. The number of amides is 4. The molecule has 13 nitrogen and oxygen atoms in total. The Morgan fingerprint density at radius 2 is 1.29 bits per heavy atom. The summed E-state index contributed by atoms with van der Waals surface area (Å²) in [5.41, 5.74) is 13.7. The first-order chi connectivity index (χ1) is 24.4. The van der Waals surface area contributed by atoms with Crippen molar-refractivity contribution in [2.24, 2.45) is 17.4 Å². The molecule has 6 atom stereocenters. The number of carbonyl (C=O) groups excluding carboxylic acids is 4. The summed E-state index contributed by atoms with van der Waals surface area (Å²) in [6.07, 6.45) is 4.00. The Bertz CT molecular complexity index is 1450. The quantitative estimate of drug-likeness (QED) is 0.116. The van der Waals surface area contributed by atoms with Crippen molar-refractivity contribution in [2.45, 2.75) is 101 Å². The number of carbonyl (C=O) groups is 5. The van der Waals surface area contributed by atoms with Gasteiger partial charge in [0.2, 0.25) is 23.6 Å². The maximum Gasteiger partial charge on any atom is 0.317 e. The summed E-state index contributed by atoms with van der Waals surface area (Å²) >= 11 is 0. The van der Waals surface area contributed by atoms with Crippen LogP contribution in [0.15, 0.2) is 60.7 Å². The number of nitrogens with two attached hydrogens (primary N) is 2. The second-order valence-corrected chi connectivity index (χ2v) is 14.3. The van der Waals surface area contributed by atoms with Crippen molar-refractivity contribution in [3.8, 4) is 0 Å². The van der Waals surface area contributed by atoms with Crippen LogP contribution in [0.3, 0.4) is 0 Å². The Balaban J connectivity index is 1.49. The zero-order valence-corrected chi connectivity index (χ0v) is 29.8. The summed E-state index contributed by atoms with van der Waals surface area (Å²) in [5.74, 6) is -2.57. The molecule has 2 aromatic carbocycles. The zero-order chi connectivity index (χ0) is 36.9. The molecule has 6 unspecified atom stereocenters. The predicted molar refractivity (Wildman–Crippen MR) is 194 cm³/mol. The van der Waals surface area contributed by atoms with E-state index in [4.69, 9.17) is 11.5 Å². The van der Waals surface area contributed by atoms with E-state index in [-0.39, 0.29) is 36.9 Å². The molecule has 51 heavy (non-hydrogen) atoms. The zero-order valence-electron chi connectivity index (χ0n) is 29.8. The molecule has 2 aliphatic rings. The largest absolute Gasteiger partial charge is 0.480 e. The van der Waals surface area contributed by atoms with Gasteiger partial charge >= 0.3 is 5.97 Å². The molecule has 8 N–H and O–H groups in total. The van der Waals surface area contributed by atoms with E-state index in [1.165, 1.54) is 0 Å². The van der Waals surface area contributed by atoms with Gasteiger partial charge in [0.25, 0.3) is 0 Å². The lowest BCUT2D eigenvalue weighted by atomic mass is 9.99. The number of rotatable bonds is 19. The highest BCUT2D eigenvalue weighted by Crippen LogP contribution is 2.31. The second kappa shape index (κ2) is 19.3. The SMILES string of the molecule is CC(C)CC(NC(=O)C(Cc1ccccc1)NC(=O)C(N)Cc1ccccc1)C(=O)NC(CCCCN)C(=O)N1C2CCC1CN(CC(=O)O)C2. The maximum atomic E-state index is 14.1. The van der Waals surface area contributed by atoms with Crippen molar-refractivity contribution in [3.05, 3.63) is 71.8 Å². The molecular formula is C38H55N7O6. The van der Waals surface area contributed by atoms with Crippen molar-refractivity contribution < 1.29 is 29.1 Å². The molecule has 4 rings (SSSR count). The average molecular weight is 706 g/mol. The number of piperazine rings is 1. The van der Waals surface area contributed by atoms with Gasteiger partial charge in [-0.15, -0.1) is 0 Å². The Labute approximate surface area is 300 Å². The molecule has 13 heteroatoms. The summed E-state index contributed by atoms with van der Waals surface area (Å²) in [6, 6.07) is 14.7. The normalized spacial score (nSPS) is 19.5. The molecule has 2 aromatic rings. The highest BCUT2D eigenvalue weighted by molar-refractivity contribution is 5.95. The van der Waals surface area contributed by atoms with Gasteiger partial charge < -0.3 is 37.4 Å². The average Bonchev–Trinajstić information content (AvgIpc) is 3.36. The molecule has 2 fully saturated rings. The molecule has 2 heterocycles. The van der Waals surface area contributed by atoms with Crippen LogP contribution in [0.1, 0.15) is 63.5 Å². The molecule has 0 spiro atoms. The van der Waals surface area contributed by atoms with Gasteiger partial charge in [-0.2, -0.15) is 0 Å². The van der Waals surface area contributed by atoms with Gasteiger partial charge in [-0.25, -0.2) is 0 Å². The summed E-state index contributed by atoms with van der Waals surface area (Å²) in [7, 11) is 0. The molecule has 2 aliphatic heterocycles. The van der Waals surface area contributed by atoms with Crippen LogP contribution in [0.25, 0.3) is 0 Å². The molecule has 0 radical (unpaired) electrons. The molecule has 2 bridgehead atoms. The van der Waals surface area contributed by atoms with Crippen LogP contribution >= 0.6 is 0 Å². The number of fused-ring (bicyclic) bond motifs is 2. The van der Waals surface area contributed by atoms with Crippen LogP contribution in [0.2, 0.25) is 0 Å². The number of hydrogen-bond donors (Lipinski definition) is 6. The molecule has 0 saturated carbocycles. The number of aliphatic carboxylic acids is 1. The topological polar surface area (TPSA) is 200 Å². The minimum Gasteiger partial charge on any atom is -0.480 e. The fraction of sp³-hybridized carbons (Fsp3) is 0.553. The Hall–Kier alpha value is -4.33. The standard InChI is InChI=1S/C38H55N7O6/c1-25(2)19-32(36(49)41-31(15-9-10-18-39)38(51)45-28-16-17-29(45)23-44(22-28)24-34(46)47)43-37(50)33(21-27-13-7-4-8-14-27)42-35(48)30(40)20-26-11-5-3-6-12-26/h3-8,11-14,25,28-33H,9-10,15-24,39-40H2,1-2H3,(H,41,49)(H,42,48)(H,43,50)(H,46,47). The van der Waals surface area contributed by atoms with E-state index >= 15 is 0 Å². The maximum absolute atomic E-state index is 14.1. The molecular weight excluding hydrogens is 650 g/mol. The van der Waals surface area contributed by atoms with Crippen molar-refractivity contribution in [2.75, 3.05) is 26.2 Å². The van der Waals surface area contributed by atoms with Gasteiger partial charge in [0.1, 0.15) is 18.1 Å². The van der Waals surface area contributed by atoms with Crippen LogP contribution in [0.4, 0.5) is 0 Å². The summed E-state index contributed by atoms with van der Waals surface area (Å²) in [6.45, 7) is 5.19. The summed E-state index contributed by atoms with van der Waals surface area (Å²) in [4.78, 5) is 70.4. The fourth-order valence-electron chi connectivity index (χ4n) is 7.15. The highest BCUT2D eigenvalue weighted by atomic mass is 16.4. The monoisotopic (exact) mass is 705 g/mol. The predicted octanol–water partition coefficient (Wildman–Crippen LogP) is 1.19. The van der Waals surface area contributed by atoms with E-state index in [0.29, 0.717) is 51.7 Å². The van der Waals surface area contributed by atoms with Crippen LogP contribution < -0.4 is 27.4 Å². The van der Waals surface area contributed by atoms with E-state index in [9.17, 15) is 29.1 Å². The molecule has 0 aliphatic carbocycles. The first kappa shape index (κ1) is 39.5. The highest BCUT2D eigenvalue weighted by Gasteiger charge is 2.45. The van der Waals surface area contributed by atoms with Crippen molar-refractivity contribution in [3.63, 3.8) is 0 Å². The van der Waals surface area contributed by atoms with Gasteiger partial charge in [-0.05, 0) is 68.5 Å². The van der Waals surface area contributed by atoms with Gasteiger partial charge in [-0.1, -0.05) is 74.5 Å². The third kappa shape index (κ3) is 11.9. The van der Waals surface area contributed by atoms with Crippen LogP contribution in [0, 0.1) is 5.92 Å². The van der Waals surface area contributed by atoms with Crippen LogP contribution in [-0.2, 0) is 36.8 Å². The lowest BCUT2D eigenvalue weighted by Gasteiger charge is -2.42. The second-order valence-electron chi connectivity index (χ2n) is 14.3. The lowest BCUT2D eigenvalue weighted by Crippen LogP contribution is -2.62. The number of nitrogens with zero attached hydrogens (tertiary/aromatic N) is 2. The first-order valence-corrected chi connectivity index (χ1v) is 18.2. The van der Waals surface area contributed by atoms with Crippen molar-refractivity contribution in [1.29, 1.82) is 0 Å². The number of carboxylic acid groups (broad SMARTS) is 1. The Morgan fingerprint density at radius 1 is 0.765 bits per heavy atom. The van der Waals surface area contributed by atoms with E-state index in [1.807, 2.05) is 84.3 Å². The lowest BCUT2D eigenvalue weighted by molar-refractivity contribution is -0.144. The van der Waals surface area contributed by atoms with Gasteiger partial charge in [0, 0.05) is 31.6 Å². The summed E-state index contributed by atoms with van der Waals surface area (Å²) < 4.78 is 0. The number of carboxylic acids is 1. The first-order valence-electron chi connectivity index (χ1n) is 18.2. The van der Waals surface area contributed by atoms with Gasteiger partial charge in [0.05, 0.1) is 12.6 Å². The van der Waals surface area contributed by atoms with E-state index in [2.05, 4.69) is 16.0 Å². The number of hydrogen-bond acceptors (Lipinski definition) is 8. The van der Waals surface area contributed by atoms with E-state index < -0.39 is 47.9 Å². The molecule has 2 saturated heterocycles. The van der Waals surface area contributed by atoms with Crippen molar-refractivity contribution in [1.82, 2.24) is 25.8 Å². The van der Waals surface area contributed by atoms with Crippen molar-refractivity contribution >= 4 is 29.6 Å².